The van der Waals surface area contributed by atoms with Gasteiger partial charge in [-0.3, -0.25) is 9.59 Å². The van der Waals surface area contributed by atoms with Gasteiger partial charge in [0.2, 0.25) is 0 Å². The molecule has 0 fully saturated rings. The van der Waals surface area contributed by atoms with E-state index < -0.39 is 5.82 Å². The summed E-state index contributed by atoms with van der Waals surface area (Å²) in [6, 6.07) is 20.7. The van der Waals surface area contributed by atoms with E-state index in [1.807, 2.05) is 36.4 Å². The Kier molecular flexibility index (Phi) is 7.58. The maximum atomic E-state index is 13.8. The molecule has 0 atom stereocenters. The first-order valence-corrected chi connectivity index (χ1v) is 11.7. The molecule has 176 valence electrons. The molecule has 0 saturated heterocycles. The normalized spacial score (nSPS) is 14.6. The summed E-state index contributed by atoms with van der Waals surface area (Å²) < 4.78 is 19.1. The SMILES string of the molecule is COc1cccc(C(=O)N2CCCCCCN(C(=O)c3cccc(F)c3)Cc3ccccc32)c1. The third-order valence-electron chi connectivity index (χ3n) is 6.12. The molecule has 34 heavy (non-hydrogen) atoms. The Morgan fingerprint density at radius 1 is 0.794 bits per heavy atom. The summed E-state index contributed by atoms with van der Waals surface area (Å²) in [7, 11) is 1.58. The van der Waals surface area contributed by atoms with Gasteiger partial charge in [-0.15, -0.1) is 0 Å². The summed E-state index contributed by atoms with van der Waals surface area (Å²) in [5.41, 5.74) is 2.55. The van der Waals surface area contributed by atoms with E-state index in [0.717, 1.165) is 36.9 Å². The molecule has 1 aliphatic rings. The summed E-state index contributed by atoms with van der Waals surface area (Å²) in [5, 5.41) is 0. The van der Waals surface area contributed by atoms with Crippen molar-refractivity contribution >= 4 is 17.5 Å². The molecule has 6 heteroatoms. The number of halogens is 1. The molecule has 2 amide bonds. The van der Waals surface area contributed by atoms with Gasteiger partial charge in [-0.05, 0) is 60.9 Å². The van der Waals surface area contributed by atoms with Crippen molar-refractivity contribution in [1.82, 2.24) is 4.90 Å². The number of hydrogen-bond donors (Lipinski definition) is 0. The van der Waals surface area contributed by atoms with Crippen LogP contribution in [0.3, 0.4) is 0 Å². The first kappa shape index (κ1) is 23.5. The van der Waals surface area contributed by atoms with Gasteiger partial charge < -0.3 is 14.5 Å². The predicted octanol–water partition coefficient (Wildman–Crippen LogP) is 5.70. The van der Waals surface area contributed by atoms with Crippen molar-refractivity contribution in [2.75, 3.05) is 25.1 Å². The number of hydrogen-bond acceptors (Lipinski definition) is 3. The second kappa shape index (κ2) is 11.0. The molecule has 4 rings (SSSR count). The lowest BCUT2D eigenvalue weighted by Gasteiger charge is -2.28. The number of fused-ring (bicyclic) bond motifs is 1. The third-order valence-corrected chi connectivity index (χ3v) is 6.12. The highest BCUT2D eigenvalue weighted by atomic mass is 19.1. The van der Waals surface area contributed by atoms with Crippen LogP contribution in [0.4, 0.5) is 10.1 Å². The maximum absolute atomic E-state index is 13.8. The number of nitrogens with zero attached hydrogens (tertiary/aromatic N) is 2. The van der Waals surface area contributed by atoms with Crippen LogP contribution in [0, 0.1) is 5.82 Å². The Morgan fingerprint density at radius 2 is 1.50 bits per heavy atom. The topological polar surface area (TPSA) is 49.9 Å². The van der Waals surface area contributed by atoms with E-state index in [9.17, 15) is 14.0 Å². The molecule has 1 heterocycles. The lowest BCUT2D eigenvalue weighted by molar-refractivity contribution is 0.0740. The van der Waals surface area contributed by atoms with Crippen LogP contribution >= 0.6 is 0 Å². The molecule has 0 aliphatic carbocycles. The molecule has 0 radical (unpaired) electrons. The van der Waals surface area contributed by atoms with E-state index >= 15 is 0 Å². The van der Waals surface area contributed by atoms with E-state index in [2.05, 4.69) is 0 Å². The summed E-state index contributed by atoms with van der Waals surface area (Å²) in [4.78, 5) is 30.4. The molecule has 0 bridgehead atoms. The molecular formula is C28H29FN2O3. The number of carbonyl (C=O) groups excluding carboxylic acids is 2. The van der Waals surface area contributed by atoms with Gasteiger partial charge in [-0.2, -0.15) is 0 Å². The summed E-state index contributed by atoms with van der Waals surface area (Å²) in [6.07, 6.45) is 3.62. The molecule has 0 unspecified atom stereocenters. The van der Waals surface area contributed by atoms with Crippen LogP contribution in [0.25, 0.3) is 0 Å². The zero-order valence-corrected chi connectivity index (χ0v) is 19.4. The van der Waals surface area contributed by atoms with Gasteiger partial charge in [-0.25, -0.2) is 4.39 Å². The minimum absolute atomic E-state index is 0.103. The molecule has 0 spiro atoms. The van der Waals surface area contributed by atoms with Gasteiger partial charge in [0, 0.05) is 36.4 Å². The van der Waals surface area contributed by atoms with Gasteiger partial charge >= 0.3 is 0 Å². The predicted molar refractivity (Wildman–Crippen MR) is 131 cm³/mol. The van der Waals surface area contributed by atoms with Crippen LogP contribution in [0.1, 0.15) is 52.0 Å². The number of ether oxygens (including phenoxy) is 1. The number of amides is 2. The van der Waals surface area contributed by atoms with Crippen LogP contribution in [0.15, 0.2) is 72.8 Å². The first-order chi connectivity index (χ1) is 16.6. The van der Waals surface area contributed by atoms with Gasteiger partial charge in [0.25, 0.3) is 11.8 Å². The summed E-state index contributed by atoms with van der Waals surface area (Å²) >= 11 is 0. The highest BCUT2D eigenvalue weighted by Gasteiger charge is 2.24. The van der Waals surface area contributed by atoms with Crippen LogP contribution in [0.2, 0.25) is 0 Å². The molecule has 3 aromatic rings. The van der Waals surface area contributed by atoms with Crippen molar-refractivity contribution in [2.45, 2.75) is 32.2 Å². The fourth-order valence-electron chi connectivity index (χ4n) is 4.34. The van der Waals surface area contributed by atoms with Gasteiger partial charge in [0.05, 0.1) is 7.11 Å². The van der Waals surface area contributed by atoms with Crippen molar-refractivity contribution in [1.29, 1.82) is 0 Å². The highest BCUT2D eigenvalue weighted by Crippen LogP contribution is 2.27. The maximum Gasteiger partial charge on any atom is 0.258 e. The zero-order valence-electron chi connectivity index (χ0n) is 19.4. The lowest BCUT2D eigenvalue weighted by atomic mass is 10.1. The second-order valence-electron chi connectivity index (χ2n) is 8.47. The van der Waals surface area contributed by atoms with Crippen molar-refractivity contribution in [3.8, 4) is 5.75 Å². The molecular weight excluding hydrogens is 431 g/mol. The number of para-hydroxylation sites is 1. The number of carbonyl (C=O) groups is 2. The average molecular weight is 461 g/mol. The van der Waals surface area contributed by atoms with E-state index in [1.165, 1.54) is 12.1 Å². The molecule has 0 N–H and O–H groups in total. The molecule has 0 saturated carbocycles. The van der Waals surface area contributed by atoms with E-state index in [0.29, 0.717) is 36.5 Å². The van der Waals surface area contributed by atoms with Gasteiger partial charge in [0.15, 0.2) is 0 Å². The Bertz CT molecular complexity index is 1160. The second-order valence-corrected chi connectivity index (χ2v) is 8.47. The quantitative estimate of drug-likeness (QED) is 0.504. The van der Waals surface area contributed by atoms with Crippen LogP contribution in [-0.4, -0.2) is 36.9 Å². The van der Waals surface area contributed by atoms with Crippen LogP contribution in [-0.2, 0) is 6.54 Å². The van der Waals surface area contributed by atoms with Crippen molar-refractivity contribution in [3.63, 3.8) is 0 Å². The summed E-state index contributed by atoms with van der Waals surface area (Å²) in [6.45, 7) is 1.51. The fraction of sp³-hybridized carbons (Fsp3) is 0.286. The minimum atomic E-state index is -0.431. The highest BCUT2D eigenvalue weighted by molar-refractivity contribution is 6.06. The van der Waals surface area contributed by atoms with E-state index in [1.54, 1.807) is 41.2 Å². The first-order valence-electron chi connectivity index (χ1n) is 11.7. The number of rotatable bonds is 3. The van der Waals surface area contributed by atoms with Crippen molar-refractivity contribution in [3.05, 3.63) is 95.3 Å². The molecule has 0 aromatic heterocycles. The van der Waals surface area contributed by atoms with Gasteiger partial charge in [-0.1, -0.05) is 43.2 Å². The van der Waals surface area contributed by atoms with E-state index in [4.69, 9.17) is 4.74 Å². The van der Waals surface area contributed by atoms with Crippen LogP contribution in [0.5, 0.6) is 5.75 Å². The smallest absolute Gasteiger partial charge is 0.258 e. The molecule has 1 aliphatic heterocycles. The Hall–Kier alpha value is -3.67. The largest absolute Gasteiger partial charge is 0.497 e. The Balaban J connectivity index is 1.69. The number of methoxy groups -OCH3 is 1. The Labute approximate surface area is 199 Å². The molecule has 3 aromatic carbocycles. The lowest BCUT2D eigenvalue weighted by Crippen LogP contribution is -2.35. The van der Waals surface area contributed by atoms with Crippen molar-refractivity contribution in [2.24, 2.45) is 0 Å². The minimum Gasteiger partial charge on any atom is -0.497 e. The van der Waals surface area contributed by atoms with Crippen molar-refractivity contribution < 1.29 is 18.7 Å². The average Bonchev–Trinajstić information content (AvgIpc) is 2.91. The van der Waals surface area contributed by atoms with Gasteiger partial charge in [0.1, 0.15) is 11.6 Å². The standard InChI is InChI=1S/C28H29FN2O3/c1-34-25-14-9-12-22(19-25)28(33)31-17-7-3-2-6-16-30(20-23-10-4-5-15-26(23)31)27(32)21-11-8-13-24(29)18-21/h4-5,8-15,18-19H,2-3,6-7,16-17,20H2,1H3. The van der Waals surface area contributed by atoms with E-state index in [-0.39, 0.29) is 11.8 Å². The number of anilines is 1. The molecule has 5 nitrogen and oxygen atoms in total. The Morgan fingerprint density at radius 3 is 2.26 bits per heavy atom. The number of benzene rings is 3. The fourth-order valence-corrected chi connectivity index (χ4v) is 4.34. The monoisotopic (exact) mass is 460 g/mol. The third kappa shape index (κ3) is 5.45. The zero-order chi connectivity index (χ0) is 23.9. The summed E-state index contributed by atoms with van der Waals surface area (Å²) in [5.74, 6) is -0.115. The van der Waals surface area contributed by atoms with Crippen LogP contribution < -0.4 is 9.64 Å².